The number of hydrogen-bond donors (Lipinski definition) is 2. The summed E-state index contributed by atoms with van der Waals surface area (Å²) in [5.74, 6) is -0.00433. The second-order valence-corrected chi connectivity index (χ2v) is 5.52. The number of nitrogens with one attached hydrogen (secondary N) is 1. The van der Waals surface area contributed by atoms with Gasteiger partial charge in [0.1, 0.15) is 5.75 Å². The predicted octanol–water partition coefficient (Wildman–Crippen LogP) is 4.02. The van der Waals surface area contributed by atoms with Crippen LogP contribution in [0.25, 0.3) is 0 Å². The number of hydrogen-bond acceptors (Lipinski definition) is 3. The molecule has 2 N–H and O–H groups in total. The first-order valence-electron chi connectivity index (χ1n) is 7.88. The van der Waals surface area contributed by atoms with Crippen molar-refractivity contribution in [3.05, 3.63) is 65.2 Å². The van der Waals surface area contributed by atoms with Gasteiger partial charge in [-0.25, -0.2) is 4.79 Å². The molecule has 1 atom stereocenters. The summed E-state index contributed by atoms with van der Waals surface area (Å²) in [4.78, 5) is 10.8. The molecule has 0 aliphatic heterocycles. The molecular formula is C19H23NO3. The van der Waals surface area contributed by atoms with Crippen molar-refractivity contribution in [3.63, 3.8) is 0 Å². The zero-order valence-corrected chi connectivity index (χ0v) is 13.6. The van der Waals surface area contributed by atoms with Gasteiger partial charge < -0.3 is 15.2 Å². The molecule has 1 unspecified atom stereocenters. The van der Waals surface area contributed by atoms with Gasteiger partial charge in [0.05, 0.1) is 12.2 Å². The second-order valence-electron chi connectivity index (χ2n) is 5.52. The normalized spacial score (nSPS) is 11.9. The van der Waals surface area contributed by atoms with Gasteiger partial charge in [0.2, 0.25) is 0 Å². The van der Waals surface area contributed by atoms with Crippen LogP contribution in [0.2, 0.25) is 0 Å². The molecule has 23 heavy (non-hydrogen) atoms. The van der Waals surface area contributed by atoms with Crippen LogP contribution in [0.4, 0.5) is 0 Å². The molecule has 0 radical (unpaired) electrons. The summed E-state index contributed by atoms with van der Waals surface area (Å²) in [5, 5.41) is 12.3. The van der Waals surface area contributed by atoms with Crippen LogP contribution < -0.4 is 10.1 Å². The van der Waals surface area contributed by atoms with Crippen LogP contribution >= 0.6 is 0 Å². The van der Waals surface area contributed by atoms with Gasteiger partial charge >= 0.3 is 5.97 Å². The zero-order chi connectivity index (χ0) is 16.7. The van der Waals surface area contributed by atoms with E-state index in [4.69, 9.17) is 9.84 Å². The van der Waals surface area contributed by atoms with Crippen molar-refractivity contribution in [1.29, 1.82) is 0 Å². The number of carboxylic acid groups (broad SMARTS) is 1. The third-order valence-electron chi connectivity index (χ3n) is 3.67. The quantitative estimate of drug-likeness (QED) is 0.772. The first-order chi connectivity index (χ1) is 11.1. The molecule has 0 saturated carbocycles. The van der Waals surface area contributed by atoms with Crippen molar-refractivity contribution in [2.24, 2.45) is 0 Å². The topological polar surface area (TPSA) is 58.6 Å². The summed E-state index contributed by atoms with van der Waals surface area (Å²) in [6, 6.07) is 15.3. The Kier molecular flexibility index (Phi) is 6.18. The molecule has 0 aliphatic rings. The molecule has 0 heterocycles. The fraction of sp³-hybridized carbons (Fsp3) is 0.316. The first kappa shape index (κ1) is 17.0. The third-order valence-corrected chi connectivity index (χ3v) is 3.67. The van der Waals surface area contributed by atoms with Crippen molar-refractivity contribution in [3.8, 4) is 5.75 Å². The van der Waals surface area contributed by atoms with Crippen LogP contribution in [0.3, 0.4) is 0 Å². The summed E-state index contributed by atoms with van der Waals surface area (Å²) < 4.78 is 5.58. The van der Waals surface area contributed by atoms with E-state index in [0.717, 1.165) is 24.3 Å². The minimum atomic E-state index is -0.900. The predicted molar refractivity (Wildman–Crippen MR) is 90.9 cm³/mol. The number of aromatic carboxylic acids is 1. The fourth-order valence-corrected chi connectivity index (χ4v) is 2.23. The average Bonchev–Trinajstić information content (AvgIpc) is 2.58. The van der Waals surface area contributed by atoms with Crippen molar-refractivity contribution in [2.75, 3.05) is 6.61 Å². The van der Waals surface area contributed by atoms with Crippen molar-refractivity contribution in [1.82, 2.24) is 5.32 Å². The molecule has 0 aliphatic carbocycles. The SMILES string of the molecule is CCCOc1ccc(C(C)NCc2ccc(C(=O)O)cc2)cc1. The number of rotatable bonds is 8. The highest BCUT2D eigenvalue weighted by Gasteiger charge is 2.06. The summed E-state index contributed by atoms with van der Waals surface area (Å²) in [5.41, 5.74) is 2.56. The smallest absolute Gasteiger partial charge is 0.335 e. The molecular weight excluding hydrogens is 290 g/mol. The van der Waals surface area contributed by atoms with Crippen molar-refractivity contribution < 1.29 is 14.6 Å². The maximum atomic E-state index is 10.8. The number of benzene rings is 2. The van der Waals surface area contributed by atoms with Crippen LogP contribution in [0, 0.1) is 0 Å². The molecule has 0 aromatic heterocycles. The molecule has 4 heteroatoms. The lowest BCUT2D eigenvalue weighted by Gasteiger charge is -2.15. The Morgan fingerprint density at radius 2 is 1.78 bits per heavy atom. The Morgan fingerprint density at radius 3 is 2.35 bits per heavy atom. The molecule has 2 rings (SSSR count). The highest BCUT2D eigenvalue weighted by Crippen LogP contribution is 2.18. The Balaban J connectivity index is 1.88. The van der Waals surface area contributed by atoms with Gasteiger partial charge in [-0.05, 0) is 48.7 Å². The third kappa shape index (κ3) is 5.11. The van der Waals surface area contributed by atoms with Crippen LogP contribution in [0.1, 0.15) is 47.8 Å². The van der Waals surface area contributed by atoms with E-state index in [-0.39, 0.29) is 6.04 Å². The van der Waals surface area contributed by atoms with Crippen LogP contribution in [0.15, 0.2) is 48.5 Å². The lowest BCUT2D eigenvalue weighted by Crippen LogP contribution is -2.18. The van der Waals surface area contributed by atoms with E-state index in [1.807, 2.05) is 24.3 Å². The van der Waals surface area contributed by atoms with Gasteiger partial charge in [0.25, 0.3) is 0 Å². The Hall–Kier alpha value is -2.33. The number of carbonyl (C=O) groups is 1. The van der Waals surface area contributed by atoms with Crippen LogP contribution in [0.5, 0.6) is 5.75 Å². The lowest BCUT2D eigenvalue weighted by atomic mass is 10.1. The van der Waals surface area contributed by atoms with Gasteiger partial charge in [-0.1, -0.05) is 31.2 Å². The van der Waals surface area contributed by atoms with E-state index in [0.29, 0.717) is 12.1 Å². The molecule has 0 bridgehead atoms. The number of ether oxygens (including phenoxy) is 1. The maximum Gasteiger partial charge on any atom is 0.335 e. The monoisotopic (exact) mass is 313 g/mol. The summed E-state index contributed by atoms with van der Waals surface area (Å²) in [6.07, 6.45) is 1.00. The standard InChI is InChI=1S/C19H23NO3/c1-3-12-23-18-10-8-16(9-11-18)14(2)20-13-15-4-6-17(7-5-15)19(21)22/h4-11,14,20H,3,12-13H2,1-2H3,(H,21,22). The molecule has 0 saturated heterocycles. The molecule has 0 spiro atoms. The molecule has 0 fully saturated rings. The average molecular weight is 313 g/mol. The highest BCUT2D eigenvalue weighted by molar-refractivity contribution is 5.87. The fourth-order valence-electron chi connectivity index (χ4n) is 2.23. The van der Waals surface area contributed by atoms with Gasteiger partial charge in [-0.15, -0.1) is 0 Å². The molecule has 2 aromatic rings. The van der Waals surface area contributed by atoms with E-state index >= 15 is 0 Å². The highest BCUT2D eigenvalue weighted by atomic mass is 16.5. The van der Waals surface area contributed by atoms with Gasteiger partial charge in [0.15, 0.2) is 0 Å². The molecule has 2 aromatic carbocycles. The Labute approximate surface area is 137 Å². The van der Waals surface area contributed by atoms with Crippen LogP contribution in [-0.4, -0.2) is 17.7 Å². The van der Waals surface area contributed by atoms with E-state index in [1.54, 1.807) is 12.1 Å². The Morgan fingerprint density at radius 1 is 1.13 bits per heavy atom. The maximum absolute atomic E-state index is 10.8. The van der Waals surface area contributed by atoms with Gasteiger partial charge in [-0.3, -0.25) is 0 Å². The van der Waals surface area contributed by atoms with Crippen LogP contribution in [-0.2, 0) is 6.54 Å². The van der Waals surface area contributed by atoms with E-state index in [9.17, 15) is 4.79 Å². The summed E-state index contributed by atoms with van der Waals surface area (Å²) >= 11 is 0. The number of carboxylic acids is 1. The summed E-state index contributed by atoms with van der Waals surface area (Å²) in [6.45, 7) is 5.62. The molecule has 122 valence electrons. The van der Waals surface area contributed by atoms with E-state index in [1.165, 1.54) is 5.56 Å². The van der Waals surface area contributed by atoms with E-state index < -0.39 is 5.97 Å². The largest absolute Gasteiger partial charge is 0.494 e. The summed E-state index contributed by atoms with van der Waals surface area (Å²) in [7, 11) is 0. The lowest BCUT2D eigenvalue weighted by molar-refractivity contribution is 0.0697. The second kappa shape index (κ2) is 8.34. The van der Waals surface area contributed by atoms with Crippen molar-refractivity contribution >= 4 is 5.97 Å². The minimum Gasteiger partial charge on any atom is -0.494 e. The van der Waals surface area contributed by atoms with Gasteiger partial charge in [0, 0.05) is 12.6 Å². The first-order valence-corrected chi connectivity index (χ1v) is 7.88. The molecule has 0 amide bonds. The minimum absolute atomic E-state index is 0.203. The molecule has 4 nitrogen and oxygen atoms in total. The van der Waals surface area contributed by atoms with E-state index in [2.05, 4.69) is 31.3 Å². The van der Waals surface area contributed by atoms with Crippen molar-refractivity contribution in [2.45, 2.75) is 32.9 Å². The van der Waals surface area contributed by atoms with Gasteiger partial charge in [-0.2, -0.15) is 0 Å². The zero-order valence-electron chi connectivity index (χ0n) is 13.6. The Bertz CT molecular complexity index is 620.